The zero-order chi connectivity index (χ0) is 17.5. The summed E-state index contributed by atoms with van der Waals surface area (Å²) in [6.07, 6.45) is 0. The molecule has 0 aromatic rings. The lowest BCUT2D eigenvalue weighted by Crippen LogP contribution is -2.45. The van der Waals surface area contributed by atoms with E-state index in [0.717, 1.165) is 51.9 Å². The molecule has 3 unspecified atom stereocenters. The average molecular weight is 468 g/mol. The van der Waals surface area contributed by atoms with Crippen LogP contribution < -0.4 is 5.32 Å². The molecule has 2 saturated heterocycles. The molecule has 146 valence electrons. The van der Waals surface area contributed by atoms with Gasteiger partial charge < -0.3 is 19.7 Å². The van der Waals surface area contributed by atoms with Crippen molar-refractivity contribution in [3.8, 4) is 0 Å². The molecule has 1 N–H and O–H groups in total. The second-order valence-corrected chi connectivity index (χ2v) is 6.70. The number of halogens is 1. The lowest BCUT2D eigenvalue weighted by Gasteiger charge is -2.31. The van der Waals surface area contributed by atoms with Crippen molar-refractivity contribution in [3.05, 3.63) is 0 Å². The van der Waals surface area contributed by atoms with Gasteiger partial charge in [-0.05, 0) is 19.8 Å². The Morgan fingerprint density at radius 2 is 2.04 bits per heavy atom. The Hall–Kier alpha value is -0.610. The molecule has 2 aliphatic rings. The van der Waals surface area contributed by atoms with E-state index in [1.54, 1.807) is 0 Å². The van der Waals surface area contributed by atoms with Gasteiger partial charge in [-0.1, -0.05) is 6.92 Å². The van der Waals surface area contributed by atoms with E-state index in [1.165, 1.54) is 7.11 Å². The average Bonchev–Trinajstić information content (AvgIpc) is 3.00. The summed E-state index contributed by atoms with van der Waals surface area (Å²) in [5, 5.41) is 3.36. The number of nitrogens with zero attached hydrogens (tertiary/aromatic N) is 3. The summed E-state index contributed by atoms with van der Waals surface area (Å²) in [6, 6.07) is 0.388. The minimum absolute atomic E-state index is 0. The Bertz CT molecular complexity index is 444. The third kappa shape index (κ3) is 6.25. The number of hydrogen-bond acceptors (Lipinski definition) is 5. The number of aliphatic imine (C=N–C) groups is 1. The smallest absolute Gasteiger partial charge is 0.310 e. The molecule has 3 atom stereocenters. The quantitative estimate of drug-likeness (QED) is 0.282. The van der Waals surface area contributed by atoms with Gasteiger partial charge in [0.1, 0.15) is 0 Å². The van der Waals surface area contributed by atoms with Crippen molar-refractivity contribution in [3.63, 3.8) is 0 Å². The van der Waals surface area contributed by atoms with E-state index < -0.39 is 0 Å². The van der Waals surface area contributed by atoms with Crippen molar-refractivity contribution in [2.45, 2.75) is 26.8 Å². The molecule has 0 spiro atoms. The van der Waals surface area contributed by atoms with Crippen LogP contribution in [0.1, 0.15) is 20.8 Å². The van der Waals surface area contributed by atoms with Crippen molar-refractivity contribution < 1.29 is 14.3 Å². The number of likely N-dealkylation sites (tertiary alicyclic amines) is 1. The number of guanidine groups is 1. The Balaban J connectivity index is 0.00000312. The minimum atomic E-state index is -0.123. The monoisotopic (exact) mass is 468 g/mol. The summed E-state index contributed by atoms with van der Waals surface area (Å²) in [5.74, 6) is 0.979. The maximum atomic E-state index is 11.9. The summed E-state index contributed by atoms with van der Waals surface area (Å²) >= 11 is 0. The molecule has 0 aromatic carbocycles. The lowest BCUT2D eigenvalue weighted by atomic mass is 9.99. The van der Waals surface area contributed by atoms with E-state index in [0.29, 0.717) is 12.6 Å². The number of methoxy groups -OCH3 is 1. The second kappa shape index (κ2) is 11.2. The number of morpholine rings is 1. The first-order valence-electron chi connectivity index (χ1n) is 8.99. The fourth-order valence-electron chi connectivity index (χ4n) is 3.38. The molecule has 2 fully saturated rings. The maximum absolute atomic E-state index is 11.9. The van der Waals surface area contributed by atoms with Gasteiger partial charge in [0.15, 0.2) is 5.96 Å². The standard InChI is InChI=1S/C17H32N4O3.HI/c1-5-18-17(19-10-14(3)20-6-8-24-9-7-20)21-11-13(2)15(12-21)16(22)23-4;/h13-15H,5-12H2,1-4H3,(H,18,19);1H. The van der Waals surface area contributed by atoms with Gasteiger partial charge in [0.2, 0.25) is 0 Å². The van der Waals surface area contributed by atoms with Gasteiger partial charge in [-0.2, -0.15) is 0 Å². The fraction of sp³-hybridized carbons (Fsp3) is 0.882. The molecule has 0 bridgehead atoms. The molecule has 2 rings (SSSR count). The Morgan fingerprint density at radius 3 is 2.64 bits per heavy atom. The highest BCUT2D eigenvalue weighted by Gasteiger charge is 2.36. The maximum Gasteiger partial charge on any atom is 0.310 e. The van der Waals surface area contributed by atoms with Gasteiger partial charge in [0, 0.05) is 38.8 Å². The molecule has 0 aliphatic carbocycles. The SMILES string of the molecule is CCNC(=NCC(C)N1CCOCC1)N1CC(C)C(C(=O)OC)C1.I. The number of rotatable bonds is 5. The van der Waals surface area contributed by atoms with Crippen LogP contribution >= 0.6 is 24.0 Å². The Labute approximate surface area is 168 Å². The molecule has 25 heavy (non-hydrogen) atoms. The highest BCUT2D eigenvalue weighted by atomic mass is 127. The van der Waals surface area contributed by atoms with E-state index in [4.69, 9.17) is 14.5 Å². The molecule has 0 aromatic heterocycles. The molecular formula is C17H33IN4O3. The van der Waals surface area contributed by atoms with Gasteiger partial charge in [-0.25, -0.2) is 0 Å². The van der Waals surface area contributed by atoms with Crippen LogP contribution in [0.5, 0.6) is 0 Å². The number of nitrogens with one attached hydrogen (secondary N) is 1. The Kier molecular flexibility index (Phi) is 10.0. The summed E-state index contributed by atoms with van der Waals surface area (Å²) in [7, 11) is 1.46. The number of esters is 1. The van der Waals surface area contributed by atoms with Crippen LogP contribution in [0, 0.1) is 11.8 Å². The summed E-state index contributed by atoms with van der Waals surface area (Å²) in [4.78, 5) is 21.3. The normalized spacial score (nSPS) is 26.1. The molecule has 0 radical (unpaired) electrons. The predicted octanol–water partition coefficient (Wildman–Crippen LogP) is 1.03. The molecule has 8 heteroatoms. The van der Waals surface area contributed by atoms with Gasteiger partial charge in [0.25, 0.3) is 0 Å². The Morgan fingerprint density at radius 1 is 1.36 bits per heavy atom. The van der Waals surface area contributed by atoms with Crippen LogP contribution in [-0.4, -0.2) is 87.4 Å². The van der Waals surface area contributed by atoms with Gasteiger partial charge >= 0.3 is 5.97 Å². The minimum Gasteiger partial charge on any atom is -0.469 e. The summed E-state index contributed by atoms with van der Waals surface area (Å²) < 4.78 is 10.3. The predicted molar refractivity (Wildman–Crippen MR) is 109 cm³/mol. The van der Waals surface area contributed by atoms with Crippen molar-refractivity contribution >= 4 is 35.9 Å². The molecule has 7 nitrogen and oxygen atoms in total. The van der Waals surface area contributed by atoms with E-state index in [-0.39, 0.29) is 41.8 Å². The summed E-state index contributed by atoms with van der Waals surface area (Å²) in [6.45, 7) is 13.0. The fourth-order valence-corrected chi connectivity index (χ4v) is 3.38. The first kappa shape index (κ1) is 22.4. The third-order valence-electron chi connectivity index (χ3n) is 4.93. The van der Waals surface area contributed by atoms with Gasteiger partial charge in [0.05, 0.1) is 32.8 Å². The largest absolute Gasteiger partial charge is 0.469 e. The number of hydrogen-bond donors (Lipinski definition) is 1. The first-order valence-corrected chi connectivity index (χ1v) is 8.99. The van der Waals surface area contributed by atoms with Crippen molar-refractivity contribution in [2.24, 2.45) is 16.8 Å². The molecular weight excluding hydrogens is 435 g/mol. The number of carbonyl (C=O) groups is 1. The van der Waals surface area contributed by atoms with Crippen LogP contribution in [0.3, 0.4) is 0 Å². The lowest BCUT2D eigenvalue weighted by molar-refractivity contribution is -0.145. The zero-order valence-electron chi connectivity index (χ0n) is 15.9. The number of carbonyl (C=O) groups excluding carboxylic acids is 1. The van der Waals surface area contributed by atoms with Crippen molar-refractivity contribution in [1.82, 2.24) is 15.1 Å². The first-order chi connectivity index (χ1) is 11.6. The van der Waals surface area contributed by atoms with Crippen LogP contribution in [-0.2, 0) is 14.3 Å². The topological polar surface area (TPSA) is 66.4 Å². The van der Waals surface area contributed by atoms with Crippen molar-refractivity contribution in [2.75, 3.05) is 59.6 Å². The highest BCUT2D eigenvalue weighted by Crippen LogP contribution is 2.24. The zero-order valence-corrected chi connectivity index (χ0v) is 18.2. The number of ether oxygens (including phenoxy) is 2. The van der Waals surface area contributed by atoms with E-state index in [1.807, 2.05) is 0 Å². The van der Waals surface area contributed by atoms with Gasteiger partial charge in [-0.15, -0.1) is 24.0 Å². The van der Waals surface area contributed by atoms with Crippen LogP contribution in [0.4, 0.5) is 0 Å². The third-order valence-corrected chi connectivity index (χ3v) is 4.93. The van der Waals surface area contributed by atoms with Crippen LogP contribution in [0.2, 0.25) is 0 Å². The van der Waals surface area contributed by atoms with E-state index in [2.05, 4.69) is 35.9 Å². The highest BCUT2D eigenvalue weighted by molar-refractivity contribution is 14.0. The van der Waals surface area contributed by atoms with E-state index in [9.17, 15) is 4.79 Å². The molecule has 2 aliphatic heterocycles. The van der Waals surface area contributed by atoms with Crippen molar-refractivity contribution in [1.29, 1.82) is 0 Å². The molecule has 0 saturated carbocycles. The summed E-state index contributed by atoms with van der Waals surface area (Å²) in [5.41, 5.74) is 0. The molecule has 2 heterocycles. The van der Waals surface area contributed by atoms with Crippen LogP contribution in [0.15, 0.2) is 4.99 Å². The van der Waals surface area contributed by atoms with Gasteiger partial charge in [-0.3, -0.25) is 14.7 Å². The van der Waals surface area contributed by atoms with Crippen LogP contribution in [0.25, 0.3) is 0 Å². The molecule has 0 amide bonds. The second-order valence-electron chi connectivity index (χ2n) is 6.70. The van der Waals surface area contributed by atoms with E-state index >= 15 is 0 Å².